The van der Waals surface area contributed by atoms with Crippen LogP contribution in [0.2, 0.25) is 0 Å². The van der Waals surface area contributed by atoms with Gasteiger partial charge in [-0.3, -0.25) is 0 Å². The number of aryl methyl sites for hydroxylation is 1. The highest BCUT2D eigenvalue weighted by Crippen LogP contribution is 2.26. The van der Waals surface area contributed by atoms with Crippen molar-refractivity contribution in [3.05, 3.63) is 56.7 Å². The van der Waals surface area contributed by atoms with Crippen LogP contribution in [-0.4, -0.2) is 6.54 Å². The minimum atomic E-state index is 0.477. The van der Waals surface area contributed by atoms with Crippen molar-refractivity contribution in [2.75, 3.05) is 6.54 Å². The van der Waals surface area contributed by atoms with Crippen LogP contribution in [0.5, 0.6) is 0 Å². The zero-order chi connectivity index (χ0) is 13.5. The van der Waals surface area contributed by atoms with E-state index in [1.807, 2.05) is 11.3 Å². The molecule has 2 aromatic rings. The van der Waals surface area contributed by atoms with Crippen LogP contribution in [0.25, 0.3) is 0 Å². The van der Waals surface area contributed by atoms with Crippen molar-refractivity contribution in [3.63, 3.8) is 0 Å². The Labute approximate surface area is 128 Å². The summed E-state index contributed by atoms with van der Waals surface area (Å²) in [5.41, 5.74) is 1.40. The number of halogens is 1. The van der Waals surface area contributed by atoms with E-state index < -0.39 is 0 Å². The molecule has 3 heteroatoms. The topological polar surface area (TPSA) is 12.0 Å². The molecule has 2 rings (SSSR count). The first-order valence-corrected chi connectivity index (χ1v) is 8.48. The van der Waals surface area contributed by atoms with E-state index in [2.05, 4.69) is 69.9 Å². The summed E-state index contributed by atoms with van der Waals surface area (Å²) in [4.78, 5) is 1.46. The lowest BCUT2D eigenvalue weighted by molar-refractivity contribution is 0.499. The maximum atomic E-state index is 3.60. The lowest BCUT2D eigenvalue weighted by Crippen LogP contribution is -2.20. The second-order valence-corrected chi connectivity index (χ2v) is 6.46. The Bertz CT molecular complexity index is 481. The average molecular weight is 338 g/mol. The van der Waals surface area contributed by atoms with Crippen LogP contribution in [0.1, 0.15) is 36.2 Å². The minimum Gasteiger partial charge on any atom is -0.310 e. The fourth-order valence-corrected chi connectivity index (χ4v) is 3.89. The average Bonchev–Trinajstić information content (AvgIpc) is 2.84. The fourth-order valence-electron chi connectivity index (χ4n) is 2.29. The second kappa shape index (κ2) is 7.83. The standard InChI is InChI=1S/C16H20BrNS/c1-2-18-15(13-7-4-3-5-8-13)9-6-10-16-14(17)11-12-19-16/h3-5,7-8,11-12,15,18H,2,6,9-10H2,1H3. The van der Waals surface area contributed by atoms with Crippen LogP contribution >= 0.6 is 27.3 Å². The van der Waals surface area contributed by atoms with E-state index >= 15 is 0 Å². The molecule has 1 heterocycles. The molecule has 1 nitrogen and oxygen atoms in total. The van der Waals surface area contributed by atoms with Crippen LogP contribution in [0, 0.1) is 0 Å². The molecule has 1 aromatic carbocycles. The molecule has 1 aromatic heterocycles. The molecule has 0 amide bonds. The molecule has 19 heavy (non-hydrogen) atoms. The van der Waals surface area contributed by atoms with E-state index in [0.717, 1.165) is 13.0 Å². The summed E-state index contributed by atoms with van der Waals surface area (Å²) in [7, 11) is 0. The van der Waals surface area contributed by atoms with Gasteiger partial charge in [0, 0.05) is 15.4 Å². The van der Waals surface area contributed by atoms with Crippen molar-refractivity contribution in [2.24, 2.45) is 0 Å². The molecule has 1 unspecified atom stereocenters. The quantitative estimate of drug-likeness (QED) is 0.733. The molecular weight excluding hydrogens is 318 g/mol. The Hall–Kier alpha value is -0.640. The Morgan fingerprint density at radius 2 is 2.00 bits per heavy atom. The molecular formula is C16H20BrNS. The van der Waals surface area contributed by atoms with Gasteiger partial charge in [0.1, 0.15) is 0 Å². The van der Waals surface area contributed by atoms with Gasteiger partial charge < -0.3 is 5.32 Å². The third kappa shape index (κ3) is 4.44. The smallest absolute Gasteiger partial charge is 0.0320 e. The van der Waals surface area contributed by atoms with E-state index in [-0.39, 0.29) is 0 Å². The normalized spacial score (nSPS) is 12.5. The first-order valence-electron chi connectivity index (χ1n) is 6.81. The van der Waals surface area contributed by atoms with Crippen LogP contribution in [0.4, 0.5) is 0 Å². The maximum absolute atomic E-state index is 3.60. The van der Waals surface area contributed by atoms with Gasteiger partial charge in [-0.2, -0.15) is 0 Å². The Balaban J connectivity index is 1.89. The molecule has 1 atom stereocenters. The Kier molecular flexibility index (Phi) is 6.08. The van der Waals surface area contributed by atoms with Gasteiger partial charge in [-0.15, -0.1) is 11.3 Å². The predicted octanol–water partition coefficient (Wildman–Crippen LogP) is 5.18. The van der Waals surface area contributed by atoms with E-state index in [4.69, 9.17) is 0 Å². The van der Waals surface area contributed by atoms with Crippen molar-refractivity contribution in [2.45, 2.75) is 32.2 Å². The monoisotopic (exact) mass is 337 g/mol. The number of benzene rings is 1. The van der Waals surface area contributed by atoms with Crippen molar-refractivity contribution in [1.82, 2.24) is 5.32 Å². The SMILES string of the molecule is CCNC(CCCc1sccc1Br)c1ccccc1. The first-order chi connectivity index (χ1) is 9.31. The molecule has 0 aliphatic heterocycles. The van der Waals surface area contributed by atoms with Gasteiger partial charge in [-0.1, -0.05) is 37.3 Å². The molecule has 1 N–H and O–H groups in total. The van der Waals surface area contributed by atoms with Gasteiger partial charge in [-0.25, -0.2) is 0 Å². The largest absolute Gasteiger partial charge is 0.310 e. The summed E-state index contributed by atoms with van der Waals surface area (Å²) in [6.07, 6.45) is 3.56. The Morgan fingerprint density at radius 3 is 2.63 bits per heavy atom. The van der Waals surface area contributed by atoms with Gasteiger partial charge in [0.15, 0.2) is 0 Å². The highest BCUT2D eigenvalue weighted by atomic mass is 79.9. The summed E-state index contributed by atoms with van der Waals surface area (Å²) < 4.78 is 1.26. The van der Waals surface area contributed by atoms with Crippen molar-refractivity contribution >= 4 is 27.3 Å². The third-order valence-corrected chi connectivity index (χ3v) is 5.23. The summed E-state index contributed by atoms with van der Waals surface area (Å²) in [6, 6.07) is 13.4. The van der Waals surface area contributed by atoms with Crippen molar-refractivity contribution < 1.29 is 0 Å². The van der Waals surface area contributed by atoms with Crippen LogP contribution in [0.15, 0.2) is 46.3 Å². The van der Waals surface area contributed by atoms with Gasteiger partial charge in [0.05, 0.1) is 0 Å². The molecule has 0 radical (unpaired) electrons. The summed E-state index contributed by atoms with van der Waals surface area (Å²) in [5.74, 6) is 0. The third-order valence-electron chi connectivity index (χ3n) is 3.24. The molecule has 0 aliphatic rings. The molecule has 0 aliphatic carbocycles. The van der Waals surface area contributed by atoms with E-state index in [9.17, 15) is 0 Å². The number of rotatable bonds is 7. The van der Waals surface area contributed by atoms with E-state index in [1.165, 1.54) is 27.8 Å². The lowest BCUT2D eigenvalue weighted by Gasteiger charge is -2.18. The number of nitrogens with one attached hydrogen (secondary N) is 1. The number of hydrogen-bond donors (Lipinski definition) is 1. The summed E-state index contributed by atoms with van der Waals surface area (Å²) >= 11 is 5.45. The molecule has 0 saturated heterocycles. The Morgan fingerprint density at radius 1 is 1.21 bits per heavy atom. The lowest BCUT2D eigenvalue weighted by atomic mass is 10.0. The number of hydrogen-bond acceptors (Lipinski definition) is 2. The first kappa shape index (κ1) is 14.8. The van der Waals surface area contributed by atoms with Crippen molar-refractivity contribution in [1.29, 1.82) is 0 Å². The predicted molar refractivity (Wildman–Crippen MR) is 87.8 cm³/mol. The van der Waals surface area contributed by atoms with Crippen LogP contribution < -0.4 is 5.32 Å². The fraction of sp³-hybridized carbons (Fsp3) is 0.375. The van der Waals surface area contributed by atoms with E-state index in [0.29, 0.717) is 6.04 Å². The highest BCUT2D eigenvalue weighted by molar-refractivity contribution is 9.10. The zero-order valence-electron chi connectivity index (χ0n) is 11.2. The molecule has 0 spiro atoms. The maximum Gasteiger partial charge on any atom is 0.0320 e. The van der Waals surface area contributed by atoms with Gasteiger partial charge in [0.2, 0.25) is 0 Å². The summed E-state index contributed by atoms with van der Waals surface area (Å²) in [6.45, 7) is 3.19. The van der Waals surface area contributed by atoms with Gasteiger partial charge in [0.25, 0.3) is 0 Å². The van der Waals surface area contributed by atoms with Crippen LogP contribution in [-0.2, 0) is 6.42 Å². The van der Waals surface area contributed by atoms with E-state index in [1.54, 1.807) is 0 Å². The molecule has 0 saturated carbocycles. The van der Waals surface area contributed by atoms with Gasteiger partial charge in [-0.05, 0) is 58.7 Å². The minimum absolute atomic E-state index is 0.477. The van der Waals surface area contributed by atoms with Crippen LogP contribution in [0.3, 0.4) is 0 Å². The zero-order valence-corrected chi connectivity index (χ0v) is 13.6. The second-order valence-electron chi connectivity index (χ2n) is 4.60. The van der Waals surface area contributed by atoms with Crippen molar-refractivity contribution in [3.8, 4) is 0 Å². The molecule has 102 valence electrons. The molecule has 0 bridgehead atoms. The summed E-state index contributed by atoms with van der Waals surface area (Å²) in [5, 5.41) is 5.74. The van der Waals surface area contributed by atoms with Gasteiger partial charge >= 0.3 is 0 Å². The number of thiophene rings is 1. The molecule has 0 fully saturated rings. The highest BCUT2D eigenvalue weighted by Gasteiger charge is 2.10.